The van der Waals surface area contributed by atoms with Crippen molar-refractivity contribution in [2.45, 2.75) is 6.92 Å². The summed E-state index contributed by atoms with van der Waals surface area (Å²) in [5.74, 6) is 1.36. The maximum absolute atomic E-state index is 11.5. The molecule has 0 saturated carbocycles. The number of hydrogen-bond donors (Lipinski definition) is 2. The summed E-state index contributed by atoms with van der Waals surface area (Å²) in [6, 6.07) is 0. The van der Waals surface area contributed by atoms with Crippen LogP contribution in [0.25, 0.3) is 0 Å². The van der Waals surface area contributed by atoms with Gasteiger partial charge in [0.25, 0.3) is 0 Å². The van der Waals surface area contributed by atoms with Gasteiger partial charge in [-0.25, -0.2) is 0 Å². The Bertz CT molecular complexity index is 433. The Labute approximate surface area is 113 Å². The quantitative estimate of drug-likeness (QED) is 0.742. The molecule has 1 heterocycles. The predicted octanol–water partition coefficient (Wildman–Crippen LogP) is -0.130. The van der Waals surface area contributed by atoms with Gasteiger partial charge in [0, 0.05) is 34.7 Å². The van der Waals surface area contributed by atoms with Crippen LogP contribution < -0.4 is 15.5 Å². The van der Waals surface area contributed by atoms with E-state index in [1.165, 1.54) is 4.90 Å². The van der Waals surface area contributed by atoms with Gasteiger partial charge in [-0.15, -0.1) is 0 Å². The number of aromatic nitrogens is 3. The molecule has 0 aliphatic carbocycles. The van der Waals surface area contributed by atoms with Crippen LogP contribution in [0.1, 0.15) is 6.92 Å². The number of nitrogens with one attached hydrogen (secondary N) is 2. The van der Waals surface area contributed by atoms with Crippen LogP contribution in [0.5, 0.6) is 0 Å². The first kappa shape index (κ1) is 14.9. The van der Waals surface area contributed by atoms with Gasteiger partial charge in [-0.3, -0.25) is 4.79 Å². The second kappa shape index (κ2) is 6.72. The van der Waals surface area contributed by atoms with Crippen LogP contribution >= 0.6 is 0 Å². The topological polar surface area (TPSA) is 86.3 Å². The standard InChI is InChI=1S/C11H21N7O/c1-6-12-9-14-10(13-7-8(19)17(2)3)16-11(15-9)18(4)5/h6-7H2,1-5H3,(H2,12,13,14,15,16). The number of hydrogen-bond acceptors (Lipinski definition) is 7. The molecule has 106 valence electrons. The summed E-state index contributed by atoms with van der Waals surface area (Å²) in [6.45, 7) is 2.82. The Morgan fingerprint density at radius 2 is 1.63 bits per heavy atom. The number of carbonyl (C=O) groups is 1. The number of likely N-dealkylation sites (N-methyl/N-ethyl adjacent to an activating group) is 1. The Kier molecular flexibility index (Phi) is 5.28. The van der Waals surface area contributed by atoms with Crippen LogP contribution in [0.2, 0.25) is 0 Å². The normalized spacial score (nSPS) is 9.95. The fourth-order valence-corrected chi connectivity index (χ4v) is 1.19. The van der Waals surface area contributed by atoms with Crippen molar-refractivity contribution in [2.75, 3.05) is 56.8 Å². The molecule has 1 aromatic heterocycles. The van der Waals surface area contributed by atoms with Crippen molar-refractivity contribution in [1.29, 1.82) is 0 Å². The van der Waals surface area contributed by atoms with Crippen LogP contribution in [0.4, 0.5) is 17.8 Å². The van der Waals surface area contributed by atoms with Crippen molar-refractivity contribution in [2.24, 2.45) is 0 Å². The molecule has 0 atom stereocenters. The van der Waals surface area contributed by atoms with Crippen molar-refractivity contribution in [3.8, 4) is 0 Å². The van der Waals surface area contributed by atoms with E-state index in [0.717, 1.165) is 0 Å². The smallest absolute Gasteiger partial charge is 0.241 e. The van der Waals surface area contributed by atoms with Gasteiger partial charge < -0.3 is 20.4 Å². The van der Waals surface area contributed by atoms with E-state index in [0.29, 0.717) is 24.4 Å². The van der Waals surface area contributed by atoms with Crippen LogP contribution in [0.15, 0.2) is 0 Å². The molecular formula is C11H21N7O. The number of nitrogens with zero attached hydrogens (tertiary/aromatic N) is 5. The summed E-state index contributed by atoms with van der Waals surface area (Å²) in [6.07, 6.45) is 0. The van der Waals surface area contributed by atoms with Crippen molar-refractivity contribution >= 4 is 23.8 Å². The third kappa shape index (κ3) is 4.57. The number of anilines is 3. The van der Waals surface area contributed by atoms with Gasteiger partial charge in [0.05, 0.1) is 6.54 Å². The second-order valence-corrected chi connectivity index (χ2v) is 4.35. The van der Waals surface area contributed by atoms with Crippen LogP contribution in [0.3, 0.4) is 0 Å². The molecule has 8 heteroatoms. The maximum atomic E-state index is 11.5. The average Bonchev–Trinajstić information content (AvgIpc) is 2.35. The summed E-state index contributed by atoms with van der Waals surface area (Å²) >= 11 is 0. The zero-order valence-electron chi connectivity index (χ0n) is 12.1. The molecule has 0 spiro atoms. The van der Waals surface area contributed by atoms with E-state index < -0.39 is 0 Å². The minimum absolute atomic E-state index is 0.0446. The van der Waals surface area contributed by atoms with Gasteiger partial charge in [0.1, 0.15) is 0 Å². The van der Waals surface area contributed by atoms with Gasteiger partial charge in [0.2, 0.25) is 23.8 Å². The van der Waals surface area contributed by atoms with E-state index in [9.17, 15) is 4.79 Å². The Hall–Kier alpha value is -2.12. The zero-order valence-corrected chi connectivity index (χ0v) is 12.1. The molecule has 19 heavy (non-hydrogen) atoms. The van der Waals surface area contributed by atoms with E-state index in [1.54, 1.807) is 19.0 Å². The van der Waals surface area contributed by atoms with Crippen molar-refractivity contribution in [1.82, 2.24) is 19.9 Å². The number of amides is 1. The second-order valence-electron chi connectivity index (χ2n) is 4.35. The molecule has 1 aromatic rings. The van der Waals surface area contributed by atoms with Crippen LogP contribution in [0, 0.1) is 0 Å². The number of carbonyl (C=O) groups excluding carboxylic acids is 1. The Morgan fingerprint density at radius 1 is 1.05 bits per heavy atom. The highest BCUT2D eigenvalue weighted by atomic mass is 16.2. The molecule has 1 rings (SSSR count). The van der Waals surface area contributed by atoms with E-state index in [2.05, 4.69) is 25.6 Å². The molecule has 0 aliphatic heterocycles. The lowest BCUT2D eigenvalue weighted by atomic mass is 10.5. The fraction of sp³-hybridized carbons (Fsp3) is 0.636. The summed E-state index contributed by atoms with van der Waals surface area (Å²) < 4.78 is 0. The molecule has 2 N–H and O–H groups in total. The first-order chi connectivity index (χ1) is 8.93. The minimum Gasteiger partial charge on any atom is -0.354 e. The van der Waals surface area contributed by atoms with Gasteiger partial charge in [-0.05, 0) is 6.92 Å². The summed E-state index contributed by atoms with van der Waals surface area (Å²) in [5.41, 5.74) is 0. The highest BCUT2D eigenvalue weighted by Crippen LogP contribution is 2.10. The molecule has 0 aromatic carbocycles. The SMILES string of the molecule is CCNc1nc(NCC(=O)N(C)C)nc(N(C)C)n1. The predicted molar refractivity (Wildman–Crippen MR) is 75.5 cm³/mol. The van der Waals surface area contributed by atoms with Crippen LogP contribution in [-0.2, 0) is 4.79 Å². The largest absolute Gasteiger partial charge is 0.354 e. The Balaban J connectivity index is 2.84. The van der Waals surface area contributed by atoms with Gasteiger partial charge in [-0.2, -0.15) is 15.0 Å². The molecule has 0 saturated heterocycles. The summed E-state index contributed by atoms with van der Waals surface area (Å²) in [7, 11) is 7.10. The first-order valence-corrected chi connectivity index (χ1v) is 6.05. The first-order valence-electron chi connectivity index (χ1n) is 6.05. The van der Waals surface area contributed by atoms with Crippen molar-refractivity contribution in [3.05, 3.63) is 0 Å². The molecule has 0 aliphatic rings. The molecule has 8 nitrogen and oxygen atoms in total. The molecule has 0 unspecified atom stereocenters. The van der Waals surface area contributed by atoms with E-state index in [1.807, 2.05) is 21.0 Å². The maximum Gasteiger partial charge on any atom is 0.241 e. The lowest BCUT2D eigenvalue weighted by molar-refractivity contribution is -0.126. The van der Waals surface area contributed by atoms with E-state index in [4.69, 9.17) is 0 Å². The van der Waals surface area contributed by atoms with Gasteiger partial charge >= 0.3 is 0 Å². The molecule has 0 radical (unpaired) electrons. The summed E-state index contributed by atoms with van der Waals surface area (Å²) in [5, 5.41) is 5.93. The van der Waals surface area contributed by atoms with E-state index in [-0.39, 0.29) is 12.5 Å². The van der Waals surface area contributed by atoms with Crippen molar-refractivity contribution in [3.63, 3.8) is 0 Å². The third-order valence-electron chi connectivity index (χ3n) is 2.26. The Morgan fingerprint density at radius 3 is 2.11 bits per heavy atom. The fourth-order valence-electron chi connectivity index (χ4n) is 1.19. The lowest BCUT2D eigenvalue weighted by Crippen LogP contribution is -2.29. The average molecular weight is 267 g/mol. The van der Waals surface area contributed by atoms with E-state index >= 15 is 0 Å². The monoisotopic (exact) mass is 267 g/mol. The van der Waals surface area contributed by atoms with Crippen molar-refractivity contribution < 1.29 is 4.79 Å². The summed E-state index contributed by atoms with van der Waals surface area (Å²) in [4.78, 5) is 27.5. The van der Waals surface area contributed by atoms with Gasteiger partial charge in [0.15, 0.2) is 0 Å². The molecule has 0 fully saturated rings. The minimum atomic E-state index is -0.0446. The zero-order chi connectivity index (χ0) is 14.4. The van der Waals surface area contributed by atoms with Gasteiger partial charge in [-0.1, -0.05) is 0 Å². The third-order valence-corrected chi connectivity index (χ3v) is 2.26. The molecular weight excluding hydrogens is 246 g/mol. The van der Waals surface area contributed by atoms with Crippen LogP contribution in [-0.4, -0.2) is 67.0 Å². The molecule has 1 amide bonds. The molecule has 0 bridgehead atoms. The number of rotatable bonds is 6. The highest BCUT2D eigenvalue weighted by molar-refractivity contribution is 5.79. The highest BCUT2D eigenvalue weighted by Gasteiger charge is 2.09. The lowest BCUT2D eigenvalue weighted by Gasteiger charge is -2.14.